The molecule has 0 aliphatic heterocycles. The van der Waals surface area contributed by atoms with Gasteiger partial charge in [-0.05, 0) is 108 Å². The largest absolute Gasteiger partial charge is 0.486 e. The third-order valence-corrected chi connectivity index (χ3v) is 9.09. The average molecular weight is 900 g/mol. The van der Waals surface area contributed by atoms with E-state index in [0.29, 0.717) is 42.8 Å². The standard InChI is InChI=1S/C38H37Br2Cl2F2N3O6/c1-20(2)46-30-9-5-7-23(34(30)43)18-51-36-26(39)15-25(16-27(36)40)38(50)45-17-33(49)53-32(48)12-11-22-13-28(41)37(29(42)14-22)52-19-24-8-6-10-31(35(24)44)47-21(3)4/h5-10,13-16,20-21,46-47H,11-12,17-19H2,1-4H3,(H,45,50). The van der Waals surface area contributed by atoms with Crippen molar-refractivity contribution in [3.05, 3.63) is 114 Å². The SMILES string of the molecule is CC(C)Nc1cccc(COc2c(Cl)cc(CCC(=O)OC(=O)CNC(=O)c3cc(Br)c(OCc4cccc(NC(C)C)c4F)c(Br)c3)cc2Cl)c1F. The molecular formula is C38H37Br2Cl2F2N3O6. The van der Waals surface area contributed by atoms with Crippen LogP contribution in [-0.4, -0.2) is 36.5 Å². The van der Waals surface area contributed by atoms with E-state index in [9.17, 15) is 23.2 Å². The van der Waals surface area contributed by atoms with Gasteiger partial charge in [-0.25, -0.2) is 13.6 Å². The monoisotopic (exact) mass is 897 g/mol. The first kappa shape index (κ1) is 41.8. The maximum absolute atomic E-state index is 14.9. The summed E-state index contributed by atoms with van der Waals surface area (Å²) in [5.74, 6) is -2.76. The first-order valence-electron chi connectivity index (χ1n) is 16.4. The van der Waals surface area contributed by atoms with Crippen molar-refractivity contribution in [2.45, 2.75) is 65.8 Å². The van der Waals surface area contributed by atoms with Crippen molar-refractivity contribution in [3.8, 4) is 11.5 Å². The number of anilines is 2. The fraction of sp³-hybridized carbons (Fsp3) is 0.289. The van der Waals surface area contributed by atoms with Gasteiger partial charge in [-0.1, -0.05) is 47.5 Å². The van der Waals surface area contributed by atoms with Crippen molar-refractivity contribution in [2.75, 3.05) is 17.2 Å². The van der Waals surface area contributed by atoms with Crippen molar-refractivity contribution < 1.29 is 37.4 Å². The van der Waals surface area contributed by atoms with Gasteiger partial charge in [-0.3, -0.25) is 9.59 Å². The number of esters is 2. The maximum atomic E-state index is 14.9. The third kappa shape index (κ3) is 12.0. The Morgan fingerprint density at radius 2 is 1.23 bits per heavy atom. The van der Waals surface area contributed by atoms with Gasteiger partial charge in [0.1, 0.15) is 25.5 Å². The van der Waals surface area contributed by atoms with E-state index in [1.807, 2.05) is 27.7 Å². The van der Waals surface area contributed by atoms with Gasteiger partial charge in [0.05, 0.1) is 36.8 Å². The summed E-state index contributed by atoms with van der Waals surface area (Å²) in [5.41, 5.74) is 2.12. The van der Waals surface area contributed by atoms with Crippen LogP contribution in [-0.2, 0) is 34.0 Å². The van der Waals surface area contributed by atoms with Crippen LogP contribution in [0, 0.1) is 11.6 Å². The van der Waals surface area contributed by atoms with Crippen LogP contribution in [0.1, 0.15) is 61.2 Å². The minimum absolute atomic E-state index is 0.0404. The lowest BCUT2D eigenvalue weighted by atomic mass is 10.1. The molecule has 4 aromatic carbocycles. The van der Waals surface area contributed by atoms with Gasteiger partial charge < -0.3 is 30.2 Å². The molecule has 0 saturated carbocycles. The van der Waals surface area contributed by atoms with E-state index >= 15 is 0 Å². The minimum Gasteiger partial charge on any atom is -0.486 e. The van der Waals surface area contributed by atoms with Gasteiger partial charge in [0.25, 0.3) is 5.91 Å². The third-order valence-electron chi connectivity index (χ3n) is 7.35. The van der Waals surface area contributed by atoms with Gasteiger partial charge in [-0.2, -0.15) is 0 Å². The zero-order valence-corrected chi connectivity index (χ0v) is 33.9. The first-order chi connectivity index (χ1) is 25.1. The molecule has 0 aliphatic carbocycles. The number of hydrogen-bond donors (Lipinski definition) is 3. The van der Waals surface area contributed by atoms with Crippen LogP contribution in [0.4, 0.5) is 20.2 Å². The molecule has 15 heteroatoms. The number of aryl methyl sites for hydroxylation is 1. The zero-order chi connectivity index (χ0) is 38.8. The molecule has 0 aliphatic rings. The Morgan fingerprint density at radius 3 is 1.72 bits per heavy atom. The van der Waals surface area contributed by atoms with Crippen LogP contribution in [0.25, 0.3) is 0 Å². The Bertz CT molecular complexity index is 1940. The van der Waals surface area contributed by atoms with Gasteiger partial charge in [0, 0.05) is 28.8 Å². The van der Waals surface area contributed by atoms with E-state index in [1.54, 1.807) is 48.5 Å². The summed E-state index contributed by atoms with van der Waals surface area (Å²) in [7, 11) is 0. The molecule has 3 N–H and O–H groups in total. The molecule has 4 rings (SSSR count). The summed E-state index contributed by atoms with van der Waals surface area (Å²) >= 11 is 19.6. The number of nitrogens with one attached hydrogen (secondary N) is 3. The molecule has 0 unspecified atom stereocenters. The van der Waals surface area contributed by atoms with Gasteiger partial charge in [0.2, 0.25) is 0 Å². The number of amides is 1. The molecule has 0 aromatic heterocycles. The van der Waals surface area contributed by atoms with Crippen LogP contribution in [0.5, 0.6) is 11.5 Å². The van der Waals surface area contributed by atoms with Gasteiger partial charge in [-0.15, -0.1) is 0 Å². The van der Waals surface area contributed by atoms with Crippen LogP contribution in [0.15, 0.2) is 69.6 Å². The van der Waals surface area contributed by atoms with Crippen molar-refractivity contribution in [1.29, 1.82) is 0 Å². The van der Waals surface area contributed by atoms with E-state index in [2.05, 4.69) is 47.8 Å². The second kappa shape index (κ2) is 19.4. The van der Waals surface area contributed by atoms with Crippen LogP contribution >= 0.6 is 55.1 Å². The molecular weight excluding hydrogens is 863 g/mol. The molecule has 4 aromatic rings. The molecule has 0 fully saturated rings. The molecule has 0 saturated heterocycles. The van der Waals surface area contributed by atoms with E-state index in [-0.39, 0.29) is 59.5 Å². The molecule has 282 valence electrons. The summed E-state index contributed by atoms with van der Waals surface area (Å²) in [5, 5.41) is 8.82. The molecule has 0 spiro atoms. The average Bonchev–Trinajstić information content (AvgIpc) is 3.08. The van der Waals surface area contributed by atoms with Crippen molar-refractivity contribution in [2.24, 2.45) is 0 Å². The highest BCUT2D eigenvalue weighted by Gasteiger charge is 2.19. The number of carbonyl (C=O) groups excluding carboxylic acids is 3. The van der Waals surface area contributed by atoms with Gasteiger partial charge in [0.15, 0.2) is 17.4 Å². The second-order valence-corrected chi connectivity index (χ2v) is 14.9. The number of benzene rings is 4. The molecule has 9 nitrogen and oxygen atoms in total. The maximum Gasteiger partial charge on any atom is 0.333 e. The predicted molar refractivity (Wildman–Crippen MR) is 209 cm³/mol. The number of hydrogen-bond acceptors (Lipinski definition) is 8. The predicted octanol–water partition coefficient (Wildman–Crippen LogP) is 10.0. The molecule has 1 amide bonds. The highest BCUT2D eigenvalue weighted by Crippen LogP contribution is 2.37. The number of ether oxygens (including phenoxy) is 3. The lowest BCUT2D eigenvalue weighted by molar-refractivity contribution is -0.158. The zero-order valence-electron chi connectivity index (χ0n) is 29.2. The van der Waals surface area contributed by atoms with Crippen LogP contribution < -0.4 is 25.4 Å². The van der Waals surface area contributed by atoms with E-state index in [4.69, 9.17) is 37.4 Å². The Kier molecular flexibility index (Phi) is 15.3. The summed E-state index contributed by atoms with van der Waals surface area (Å²) in [6.45, 7) is 6.86. The molecule has 0 bridgehead atoms. The molecule has 0 atom stereocenters. The Hall–Kier alpha value is -3.91. The molecule has 0 heterocycles. The molecule has 53 heavy (non-hydrogen) atoms. The first-order valence-corrected chi connectivity index (χ1v) is 18.8. The summed E-state index contributed by atoms with van der Waals surface area (Å²) in [4.78, 5) is 37.5. The second-order valence-electron chi connectivity index (χ2n) is 12.4. The van der Waals surface area contributed by atoms with Crippen molar-refractivity contribution in [1.82, 2.24) is 5.32 Å². The Balaban J connectivity index is 1.25. The fourth-order valence-electron chi connectivity index (χ4n) is 4.97. The highest BCUT2D eigenvalue weighted by molar-refractivity contribution is 9.11. The topological polar surface area (TPSA) is 115 Å². The Morgan fingerprint density at radius 1 is 0.736 bits per heavy atom. The number of halogens is 6. The van der Waals surface area contributed by atoms with Crippen molar-refractivity contribution >= 4 is 84.3 Å². The summed E-state index contributed by atoms with van der Waals surface area (Å²) in [6, 6.07) is 16.1. The van der Waals surface area contributed by atoms with E-state index in [1.165, 1.54) is 12.1 Å². The van der Waals surface area contributed by atoms with Crippen molar-refractivity contribution in [3.63, 3.8) is 0 Å². The quantitative estimate of drug-likeness (QED) is 0.0753. The summed E-state index contributed by atoms with van der Waals surface area (Å²) in [6.07, 6.45) is -0.0453. The smallest absolute Gasteiger partial charge is 0.333 e. The lowest BCUT2D eigenvalue weighted by Gasteiger charge is -2.15. The minimum atomic E-state index is -0.961. The number of carbonyl (C=O) groups is 3. The normalized spacial score (nSPS) is 11.0. The van der Waals surface area contributed by atoms with E-state index in [0.717, 1.165) is 0 Å². The fourth-order valence-corrected chi connectivity index (χ4v) is 7.02. The lowest BCUT2D eigenvalue weighted by Crippen LogP contribution is -2.31. The summed E-state index contributed by atoms with van der Waals surface area (Å²) < 4.78 is 47.0. The van der Waals surface area contributed by atoms with Crippen LogP contribution in [0.2, 0.25) is 10.0 Å². The Labute approximate surface area is 333 Å². The van der Waals surface area contributed by atoms with E-state index < -0.39 is 36.0 Å². The van der Waals surface area contributed by atoms with Crippen LogP contribution in [0.3, 0.4) is 0 Å². The van der Waals surface area contributed by atoms with Gasteiger partial charge >= 0.3 is 11.9 Å². The molecule has 0 radical (unpaired) electrons. The number of rotatable bonds is 16. The highest BCUT2D eigenvalue weighted by atomic mass is 79.9.